The highest BCUT2D eigenvalue weighted by atomic mass is 16.2. The number of likely N-dealkylation sites (tertiary alicyclic amines) is 1. The molecule has 0 spiro atoms. The summed E-state index contributed by atoms with van der Waals surface area (Å²) in [5, 5.41) is 0. The van der Waals surface area contributed by atoms with Crippen molar-refractivity contribution < 1.29 is 4.79 Å². The predicted molar refractivity (Wildman–Crippen MR) is 85.0 cm³/mol. The van der Waals surface area contributed by atoms with Crippen molar-refractivity contribution in [3.8, 4) is 0 Å². The second-order valence-corrected chi connectivity index (χ2v) is 7.15. The Balaban J connectivity index is 1.77. The summed E-state index contributed by atoms with van der Waals surface area (Å²) in [6.07, 6.45) is 3.24. The molecule has 3 rings (SSSR count). The van der Waals surface area contributed by atoms with Gasteiger partial charge in [-0.1, -0.05) is 24.3 Å². The molecule has 3 nitrogen and oxygen atoms in total. The molecule has 3 heteroatoms. The molecule has 2 fully saturated rings. The van der Waals surface area contributed by atoms with Gasteiger partial charge in [-0.2, -0.15) is 0 Å². The number of carbonyl (C=O) groups is 1. The Hall–Kier alpha value is -1.35. The zero-order valence-electron chi connectivity index (χ0n) is 13.3. The number of benzene rings is 1. The Morgan fingerprint density at radius 3 is 2.62 bits per heavy atom. The fraction of sp³-hybridized carbons (Fsp3) is 0.611. The minimum absolute atomic E-state index is 0.147. The van der Waals surface area contributed by atoms with Gasteiger partial charge in [0.1, 0.15) is 0 Å². The number of hydrogen-bond donors (Lipinski definition) is 1. The van der Waals surface area contributed by atoms with Gasteiger partial charge < -0.3 is 10.6 Å². The molecule has 1 aliphatic carbocycles. The summed E-state index contributed by atoms with van der Waals surface area (Å²) in [4.78, 5) is 14.8. The number of amides is 1. The molecular formula is C18H26N2O. The van der Waals surface area contributed by atoms with E-state index in [9.17, 15) is 4.79 Å². The van der Waals surface area contributed by atoms with E-state index in [1.165, 1.54) is 11.1 Å². The molecule has 1 aliphatic heterocycles. The van der Waals surface area contributed by atoms with Gasteiger partial charge in [0, 0.05) is 18.5 Å². The Bertz CT molecular complexity index is 548. The first-order valence-electron chi connectivity index (χ1n) is 8.06. The normalized spacial score (nSPS) is 28.5. The number of hydrogen-bond acceptors (Lipinski definition) is 2. The van der Waals surface area contributed by atoms with E-state index >= 15 is 0 Å². The Kier molecular flexibility index (Phi) is 3.56. The number of carbonyl (C=O) groups excluding carboxylic acids is 1. The minimum atomic E-state index is -0.672. The molecule has 114 valence electrons. The number of nitrogens with zero attached hydrogens (tertiary/aromatic N) is 1. The smallest absolute Gasteiger partial charge is 0.242 e. The molecule has 1 saturated carbocycles. The van der Waals surface area contributed by atoms with Crippen LogP contribution in [0.4, 0.5) is 0 Å². The molecule has 1 saturated heterocycles. The van der Waals surface area contributed by atoms with Gasteiger partial charge >= 0.3 is 0 Å². The average Bonchev–Trinajstić information content (AvgIpc) is 3.23. The minimum Gasteiger partial charge on any atom is -0.338 e. The lowest BCUT2D eigenvalue weighted by atomic mass is 9.93. The van der Waals surface area contributed by atoms with E-state index in [0.29, 0.717) is 11.8 Å². The summed E-state index contributed by atoms with van der Waals surface area (Å²) in [5.74, 6) is 0.975. The van der Waals surface area contributed by atoms with Crippen molar-refractivity contribution in [2.24, 2.45) is 11.7 Å². The first-order chi connectivity index (χ1) is 9.91. The molecule has 2 N–H and O–H groups in total. The van der Waals surface area contributed by atoms with Crippen LogP contribution < -0.4 is 5.73 Å². The van der Waals surface area contributed by atoms with Crippen molar-refractivity contribution >= 4 is 5.91 Å². The summed E-state index contributed by atoms with van der Waals surface area (Å²) in [6, 6.07) is 8.80. The molecule has 0 bridgehead atoms. The third-order valence-electron chi connectivity index (χ3n) is 5.35. The van der Waals surface area contributed by atoms with Crippen LogP contribution in [0.5, 0.6) is 0 Å². The molecule has 1 aromatic carbocycles. The van der Waals surface area contributed by atoms with Gasteiger partial charge in [-0.05, 0) is 57.1 Å². The van der Waals surface area contributed by atoms with Crippen LogP contribution in [-0.4, -0.2) is 28.9 Å². The third kappa shape index (κ3) is 2.59. The maximum atomic E-state index is 12.8. The summed E-state index contributed by atoms with van der Waals surface area (Å²) in [6.45, 7) is 7.03. The summed E-state index contributed by atoms with van der Waals surface area (Å²) in [5.41, 5.74) is 8.36. The summed E-state index contributed by atoms with van der Waals surface area (Å²) < 4.78 is 0. The molecule has 2 aliphatic rings. The zero-order valence-corrected chi connectivity index (χ0v) is 13.3. The molecular weight excluding hydrogens is 260 g/mol. The fourth-order valence-corrected chi connectivity index (χ4v) is 3.75. The van der Waals surface area contributed by atoms with Gasteiger partial charge in [-0.3, -0.25) is 4.79 Å². The largest absolute Gasteiger partial charge is 0.338 e. The predicted octanol–water partition coefficient (Wildman–Crippen LogP) is 2.83. The fourth-order valence-electron chi connectivity index (χ4n) is 3.75. The number of nitrogens with two attached hydrogens (primary N) is 1. The molecule has 1 aromatic rings. The maximum absolute atomic E-state index is 12.8. The second kappa shape index (κ2) is 5.13. The van der Waals surface area contributed by atoms with Crippen LogP contribution >= 0.6 is 0 Å². The van der Waals surface area contributed by atoms with E-state index in [-0.39, 0.29) is 11.9 Å². The van der Waals surface area contributed by atoms with Gasteiger partial charge in [0.05, 0.1) is 5.54 Å². The Morgan fingerprint density at radius 1 is 1.33 bits per heavy atom. The van der Waals surface area contributed by atoms with Crippen molar-refractivity contribution in [1.29, 1.82) is 0 Å². The van der Waals surface area contributed by atoms with E-state index in [4.69, 9.17) is 5.73 Å². The highest BCUT2D eigenvalue weighted by molar-refractivity contribution is 5.87. The number of rotatable bonds is 3. The number of aryl methyl sites for hydroxylation is 1. The van der Waals surface area contributed by atoms with Gasteiger partial charge in [-0.15, -0.1) is 0 Å². The van der Waals surface area contributed by atoms with Crippen LogP contribution in [0, 0.1) is 12.8 Å². The highest BCUT2D eigenvalue weighted by Gasteiger charge is 2.48. The van der Waals surface area contributed by atoms with Crippen LogP contribution in [-0.2, 0) is 4.79 Å². The van der Waals surface area contributed by atoms with Crippen LogP contribution in [0.3, 0.4) is 0 Å². The van der Waals surface area contributed by atoms with Crippen molar-refractivity contribution in [2.75, 3.05) is 6.54 Å². The van der Waals surface area contributed by atoms with E-state index in [2.05, 4.69) is 38.1 Å². The van der Waals surface area contributed by atoms with E-state index < -0.39 is 5.54 Å². The first-order valence-corrected chi connectivity index (χ1v) is 8.06. The summed E-state index contributed by atoms with van der Waals surface area (Å²) >= 11 is 0. The standard InChI is InChI=1S/C18H26N2O/c1-12-6-4-5-7-16(12)14-10-13(2)20(11-14)17(21)18(3,19)15-8-9-15/h4-7,13-15H,8-11,19H2,1-3H3. The molecule has 21 heavy (non-hydrogen) atoms. The second-order valence-electron chi connectivity index (χ2n) is 7.15. The van der Waals surface area contributed by atoms with Gasteiger partial charge in [0.2, 0.25) is 5.91 Å². The third-order valence-corrected chi connectivity index (χ3v) is 5.35. The quantitative estimate of drug-likeness (QED) is 0.928. The Morgan fingerprint density at radius 2 is 2.00 bits per heavy atom. The lowest BCUT2D eigenvalue weighted by Gasteiger charge is -2.32. The molecule has 1 amide bonds. The molecule has 3 atom stereocenters. The van der Waals surface area contributed by atoms with Gasteiger partial charge in [0.15, 0.2) is 0 Å². The topological polar surface area (TPSA) is 46.3 Å². The molecule has 0 aromatic heterocycles. The Labute approximate surface area is 127 Å². The van der Waals surface area contributed by atoms with E-state index in [0.717, 1.165) is 25.8 Å². The van der Waals surface area contributed by atoms with Crippen LogP contribution in [0.25, 0.3) is 0 Å². The SMILES string of the molecule is Cc1ccccc1C1CC(C)N(C(=O)C(C)(N)C2CC2)C1. The van der Waals surface area contributed by atoms with Gasteiger partial charge in [-0.25, -0.2) is 0 Å². The lowest BCUT2D eigenvalue weighted by Crippen LogP contribution is -2.55. The summed E-state index contributed by atoms with van der Waals surface area (Å²) in [7, 11) is 0. The van der Waals surface area contributed by atoms with Crippen molar-refractivity contribution in [1.82, 2.24) is 4.90 Å². The monoisotopic (exact) mass is 286 g/mol. The first kappa shape index (κ1) is 14.6. The zero-order chi connectivity index (χ0) is 15.2. The molecule has 0 radical (unpaired) electrons. The van der Waals surface area contributed by atoms with Crippen molar-refractivity contribution in [3.05, 3.63) is 35.4 Å². The highest BCUT2D eigenvalue weighted by Crippen LogP contribution is 2.41. The van der Waals surface area contributed by atoms with Crippen LogP contribution in [0.1, 0.15) is 50.2 Å². The van der Waals surface area contributed by atoms with Crippen LogP contribution in [0.15, 0.2) is 24.3 Å². The molecule has 1 heterocycles. The lowest BCUT2D eigenvalue weighted by molar-refractivity contribution is -0.137. The van der Waals surface area contributed by atoms with Crippen molar-refractivity contribution in [3.63, 3.8) is 0 Å². The van der Waals surface area contributed by atoms with E-state index in [1.54, 1.807) is 0 Å². The van der Waals surface area contributed by atoms with Crippen LogP contribution in [0.2, 0.25) is 0 Å². The van der Waals surface area contributed by atoms with E-state index in [1.807, 2.05) is 11.8 Å². The maximum Gasteiger partial charge on any atom is 0.242 e. The van der Waals surface area contributed by atoms with Gasteiger partial charge in [0.25, 0.3) is 0 Å². The molecule has 3 unspecified atom stereocenters. The van der Waals surface area contributed by atoms with Crippen molar-refractivity contribution in [2.45, 2.75) is 57.5 Å². The average molecular weight is 286 g/mol.